The Morgan fingerprint density at radius 3 is 2.59 bits per heavy atom. The number of carbonyl (C=O) groups is 2. The van der Waals surface area contributed by atoms with Gasteiger partial charge >= 0.3 is 5.97 Å². The van der Waals surface area contributed by atoms with Gasteiger partial charge in [-0.05, 0) is 49.6 Å². The Morgan fingerprint density at radius 2 is 1.90 bits per heavy atom. The van der Waals surface area contributed by atoms with Gasteiger partial charge in [0.2, 0.25) is 0 Å². The van der Waals surface area contributed by atoms with Crippen LogP contribution in [0, 0.1) is 13.8 Å². The van der Waals surface area contributed by atoms with Crippen molar-refractivity contribution in [3.05, 3.63) is 77.0 Å². The Bertz CT molecular complexity index is 1000. The molecule has 0 saturated carbocycles. The van der Waals surface area contributed by atoms with Gasteiger partial charge in [0.25, 0.3) is 5.91 Å². The first kappa shape index (κ1) is 20.5. The lowest BCUT2D eigenvalue weighted by Gasteiger charge is -2.13. The van der Waals surface area contributed by atoms with Crippen molar-refractivity contribution >= 4 is 17.6 Å². The molecule has 3 aromatic rings. The van der Waals surface area contributed by atoms with Crippen LogP contribution in [-0.4, -0.2) is 23.1 Å². The number of para-hydroxylation sites is 1. The van der Waals surface area contributed by atoms with Gasteiger partial charge in [0.15, 0.2) is 6.61 Å². The molecule has 6 heteroatoms. The van der Waals surface area contributed by atoms with Crippen molar-refractivity contribution < 1.29 is 18.7 Å². The molecule has 1 aromatic carbocycles. The number of nitrogens with zero attached hydrogens (tertiary/aromatic N) is 1. The zero-order chi connectivity index (χ0) is 21.0. The van der Waals surface area contributed by atoms with E-state index in [1.165, 1.54) is 0 Å². The van der Waals surface area contributed by atoms with Crippen molar-refractivity contribution in [2.24, 2.45) is 0 Å². The van der Waals surface area contributed by atoms with E-state index in [4.69, 9.17) is 9.15 Å². The second kappa shape index (κ2) is 8.82. The molecule has 0 saturated heterocycles. The molecule has 0 bridgehead atoms. The fraction of sp³-hybridized carbons (Fsp3) is 0.304. The number of ether oxygens (including phenoxy) is 1. The molecule has 0 unspecified atom stereocenters. The van der Waals surface area contributed by atoms with Gasteiger partial charge in [0, 0.05) is 17.1 Å². The quantitative estimate of drug-likeness (QED) is 0.591. The molecule has 0 aliphatic heterocycles. The second-order valence-electron chi connectivity index (χ2n) is 7.32. The summed E-state index contributed by atoms with van der Waals surface area (Å²) >= 11 is 0. The van der Waals surface area contributed by atoms with Crippen molar-refractivity contribution in [3.63, 3.8) is 0 Å². The van der Waals surface area contributed by atoms with Crippen LogP contribution in [0.4, 0.5) is 5.69 Å². The molecule has 1 N–H and O–H groups in total. The average Bonchev–Trinajstić information content (AvgIpc) is 3.30. The highest BCUT2D eigenvalue weighted by Crippen LogP contribution is 2.23. The van der Waals surface area contributed by atoms with E-state index in [0.29, 0.717) is 12.1 Å². The molecule has 0 atom stereocenters. The molecule has 0 radical (unpaired) electrons. The highest BCUT2D eigenvalue weighted by Gasteiger charge is 2.19. The number of hydrogen-bond acceptors (Lipinski definition) is 4. The van der Waals surface area contributed by atoms with Gasteiger partial charge in [-0.3, -0.25) is 4.79 Å². The van der Waals surface area contributed by atoms with Crippen LogP contribution in [0.5, 0.6) is 0 Å². The summed E-state index contributed by atoms with van der Waals surface area (Å²) in [7, 11) is 0. The Labute approximate surface area is 170 Å². The van der Waals surface area contributed by atoms with E-state index in [9.17, 15) is 9.59 Å². The van der Waals surface area contributed by atoms with Gasteiger partial charge in [0.05, 0.1) is 18.4 Å². The topological polar surface area (TPSA) is 73.5 Å². The van der Waals surface area contributed by atoms with Gasteiger partial charge in [-0.2, -0.15) is 0 Å². The Balaban J connectivity index is 1.63. The number of rotatable bonds is 7. The summed E-state index contributed by atoms with van der Waals surface area (Å²) in [5, 5.41) is 2.83. The van der Waals surface area contributed by atoms with Crippen LogP contribution in [0.3, 0.4) is 0 Å². The summed E-state index contributed by atoms with van der Waals surface area (Å²) in [5.41, 5.74) is 3.91. The van der Waals surface area contributed by atoms with E-state index in [1.54, 1.807) is 12.3 Å². The number of amides is 1. The third-order valence-electron chi connectivity index (χ3n) is 4.88. The van der Waals surface area contributed by atoms with Gasteiger partial charge in [0.1, 0.15) is 5.76 Å². The first-order valence-corrected chi connectivity index (χ1v) is 9.61. The third kappa shape index (κ3) is 4.77. The minimum atomic E-state index is -0.518. The number of carbonyl (C=O) groups excluding carboxylic acids is 2. The summed E-state index contributed by atoms with van der Waals surface area (Å²) in [6, 6.07) is 13.1. The summed E-state index contributed by atoms with van der Waals surface area (Å²) in [4.78, 5) is 24.8. The molecular formula is C23H26N2O4. The Kier molecular flexibility index (Phi) is 6.22. The smallest absolute Gasteiger partial charge is 0.340 e. The van der Waals surface area contributed by atoms with E-state index in [2.05, 4.69) is 19.2 Å². The van der Waals surface area contributed by atoms with Crippen molar-refractivity contribution in [1.82, 2.24) is 4.57 Å². The number of esters is 1. The van der Waals surface area contributed by atoms with E-state index in [1.807, 2.05) is 54.8 Å². The lowest BCUT2D eigenvalue weighted by atomic mass is 10.0. The van der Waals surface area contributed by atoms with E-state index in [-0.39, 0.29) is 18.4 Å². The molecule has 152 valence electrons. The molecule has 6 nitrogen and oxygen atoms in total. The van der Waals surface area contributed by atoms with Crippen LogP contribution in [0.1, 0.15) is 52.8 Å². The van der Waals surface area contributed by atoms with Crippen molar-refractivity contribution in [2.45, 2.75) is 40.2 Å². The molecule has 29 heavy (non-hydrogen) atoms. The van der Waals surface area contributed by atoms with Crippen molar-refractivity contribution in [3.8, 4) is 0 Å². The van der Waals surface area contributed by atoms with Crippen LogP contribution < -0.4 is 5.32 Å². The molecule has 2 heterocycles. The zero-order valence-electron chi connectivity index (χ0n) is 17.2. The van der Waals surface area contributed by atoms with Crippen LogP contribution >= 0.6 is 0 Å². The molecule has 2 aromatic heterocycles. The largest absolute Gasteiger partial charge is 0.467 e. The first-order valence-electron chi connectivity index (χ1n) is 9.61. The molecule has 1 amide bonds. The Hall–Kier alpha value is -3.28. The predicted molar refractivity (Wildman–Crippen MR) is 111 cm³/mol. The number of aryl methyl sites for hydroxylation is 1. The lowest BCUT2D eigenvalue weighted by Crippen LogP contribution is -2.22. The van der Waals surface area contributed by atoms with Crippen LogP contribution in [0.2, 0.25) is 0 Å². The average molecular weight is 394 g/mol. The maximum atomic E-state index is 12.5. The monoisotopic (exact) mass is 394 g/mol. The standard InChI is InChI=1S/C23H26N2O4/c1-15(2)19-9-5-6-10-21(19)24-22(26)14-29-23(27)20-12-16(3)25(17(20)4)13-18-8-7-11-28-18/h5-12,15H,13-14H2,1-4H3,(H,24,26). The number of nitrogens with one attached hydrogen (secondary N) is 1. The highest BCUT2D eigenvalue weighted by atomic mass is 16.5. The minimum Gasteiger partial charge on any atom is -0.467 e. The van der Waals surface area contributed by atoms with E-state index >= 15 is 0 Å². The second-order valence-corrected chi connectivity index (χ2v) is 7.32. The fourth-order valence-electron chi connectivity index (χ4n) is 3.32. The summed E-state index contributed by atoms with van der Waals surface area (Å²) in [5.74, 6) is 0.190. The van der Waals surface area contributed by atoms with Gasteiger partial charge in [-0.1, -0.05) is 32.0 Å². The van der Waals surface area contributed by atoms with Crippen molar-refractivity contribution in [1.29, 1.82) is 0 Å². The molecule has 0 spiro atoms. The summed E-state index contributed by atoms with van der Waals surface area (Å²) < 4.78 is 12.6. The number of aromatic nitrogens is 1. The van der Waals surface area contributed by atoms with Gasteiger partial charge in [-0.25, -0.2) is 4.79 Å². The van der Waals surface area contributed by atoms with Crippen LogP contribution in [0.15, 0.2) is 53.1 Å². The molecule has 0 aliphatic rings. The fourth-order valence-corrected chi connectivity index (χ4v) is 3.32. The van der Waals surface area contributed by atoms with Gasteiger partial charge < -0.3 is 19.0 Å². The maximum absolute atomic E-state index is 12.5. The minimum absolute atomic E-state index is 0.272. The number of benzene rings is 1. The van der Waals surface area contributed by atoms with E-state index < -0.39 is 5.97 Å². The number of anilines is 1. The summed E-state index contributed by atoms with van der Waals surface area (Å²) in [6.45, 7) is 8.08. The van der Waals surface area contributed by atoms with E-state index in [0.717, 1.165) is 28.4 Å². The SMILES string of the molecule is Cc1cc(C(=O)OCC(=O)Nc2ccccc2C(C)C)c(C)n1Cc1ccco1. The zero-order valence-corrected chi connectivity index (χ0v) is 17.2. The number of hydrogen-bond donors (Lipinski definition) is 1. The molecule has 3 rings (SSSR count). The molecule has 0 aliphatic carbocycles. The normalized spacial score (nSPS) is 10.9. The molecular weight excluding hydrogens is 368 g/mol. The predicted octanol–water partition coefficient (Wildman–Crippen LogP) is 4.67. The highest BCUT2D eigenvalue weighted by molar-refractivity contribution is 5.96. The lowest BCUT2D eigenvalue weighted by molar-refractivity contribution is -0.119. The molecule has 0 fully saturated rings. The van der Waals surface area contributed by atoms with Crippen LogP contribution in [-0.2, 0) is 16.1 Å². The first-order chi connectivity index (χ1) is 13.9. The number of furan rings is 1. The Morgan fingerprint density at radius 1 is 1.14 bits per heavy atom. The van der Waals surface area contributed by atoms with Crippen molar-refractivity contribution in [2.75, 3.05) is 11.9 Å². The van der Waals surface area contributed by atoms with Gasteiger partial charge in [-0.15, -0.1) is 0 Å². The third-order valence-corrected chi connectivity index (χ3v) is 4.88. The van der Waals surface area contributed by atoms with Crippen LogP contribution in [0.25, 0.3) is 0 Å². The summed E-state index contributed by atoms with van der Waals surface area (Å²) in [6.07, 6.45) is 1.62. The maximum Gasteiger partial charge on any atom is 0.340 e.